The van der Waals surface area contributed by atoms with Gasteiger partial charge in [-0.25, -0.2) is 0 Å². The summed E-state index contributed by atoms with van der Waals surface area (Å²) in [6.45, 7) is 0. The van der Waals surface area contributed by atoms with E-state index in [0.717, 1.165) is 37.0 Å². The lowest BCUT2D eigenvalue weighted by atomic mass is 9.95. The number of nitrogens with zero attached hydrogens (tertiary/aromatic N) is 1. The molecule has 0 saturated heterocycles. The largest absolute Gasteiger partial charge is 0.497 e. The lowest BCUT2D eigenvalue weighted by molar-refractivity contribution is -0.117. The molecule has 1 aromatic rings. The second kappa shape index (κ2) is 7.49. The lowest BCUT2D eigenvalue weighted by Crippen LogP contribution is -2.36. The lowest BCUT2D eigenvalue weighted by Gasteiger charge is -2.22. The second-order valence-electron chi connectivity index (χ2n) is 5.25. The number of carbonyl (C=O) groups excluding carboxylic acids is 1. The first-order chi connectivity index (χ1) is 10.2. The third-order valence-corrected chi connectivity index (χ3v) is 3.73. The Kier molecular flexibility index (Phi) is 5.39. The Hall–Kier alpha value is -2.28. The van der Waals surface area contributed by atoms with Gasteiger partial charge in [0.05, 0.1) is 7.11 Å². The van der Waals surface area contributed by atoms with Gasteiger partial charge in [0, 0.05) is 6.04 Å². The quantitative estimate of drug-likeness (QED) is 0.682. The van der Waals surface area contributed by atoms with Crippen LogP contribution in [0.5, 0.6) is 5.75 Å². The van der Waals surface area contributed by atoms with Crippen molar-refractivity contribution in [1.82, 2.24) is 5.32 Å². The monoisotopic (exact) mass is 284 g/mol. The fourth-order valence-corrected chi connectivity index (χ4v) is 2.53. The molecular formula is C17H20N2O2. The van der Waals surface area contributed by atoms with Gasteiger partial charge >= 0.3 is 0 Å². The van der Waals surface area contributed by atoms with Gasteiger partial charge in [0.15, 0.2) is 0 Å². The molecule has 0 atom stereocenters. The third-order valence-electron chi connectivity index (χ3n) is 3.73. The molecule has 0 unspecified atom stereocenters. The van der Waals surface area contributed by atoms with Gasteiger partial charge in [0.25, 0.3) is 5.91 Å². The molecule has 110 valence electrons. The van der Waals surface area contributed by atoms with Gasteiger partial charge in [0.2, 0.25) is 0 Å². The maximum Gasteiger partial charge on any atom is 0.262 e. The molecule has 1 fully saturated rings. The highest BCUT2D eigenvalue weighted by Crippen LogP contribution is 2.18. The van der Waals surface area contributed by atoms with Gasteiger partial charge in [-0.1, -0.05) is 31.4 Å². The maximum absolute atomic E-state index is 12.1. The molecule has 2 rings (SSSR count). The zero-order valence-electron chi connectivity index (χ0n) is 12.3. The van der Waals surface area contributed by atoms with Crippen molar-refractivity contribution in [2.45, 2.75) is 38.1 Å². The van der Waals surface area contributed by atoms with E-state index in [-0.39, 0.29) is 17.5 Å². The summed E-state index contributed by atoms with van der Waals surface area (Å²) in [5.41, 5.74) is 0.955. The van der Waals surface area contributed by atoms with Crippen molar-refractivity contribution in [3.05, 3.63) is 35.4 Å². The van der Waals surface area contributed by atoms with Crippen molar-refractivity contribution in [3.63, 3.8) is 0 Å². The summed E-state index contributed by atoms with van der Waals surface area (Å²) in [6, 6.07) is 9.45. The molecule has 0 bridgehead atoms. The van der Waals surface area contributed by atoms with Gasteiger partial charge in [0.1, 0.15) is 17.4 Å². The molecule has 1 aliphatic carbocycles. The fraction of sp³-hybridized carbons (Fsp3) is 0.412. The van der Waals surface area contributed by atoms with Crippen LogP contribution in [0.1, 0.15) is 37.7 Å². The number of hydrogen-bond donors (Lipinski definition) is 1. The average molecular weight is 284 g/mol. The summed E-state index contributed by atoms with van der Waals surface area (Å²) in [4.78, 5) is 12.1. The van der Waals surface area contributed by atoms with Crippen LogP contribution in [0.25, 0.3) is 6.08 Å². The predicted octanol–water partition coefficient (Wildman–Crippen LogP) is 3.05. The number of ether oxygens (including phenoxy) is 1. The molecular weight excluding hydrogens is 264 g/mol. The fourth-order valence-electron chi connectivity index (χ4n) is 2.53. The minimum absolute atomic E-state index is 0.144. The van der Waals surface area contributed by atoms with Crippen molar-refractivity contribution >= 4 is 12.0 Å². The molecule has 21 heavy (non-hydrogen) atoms. The van der Waals surface area contributed by atoms with E-state index < -0.39 is 0 Å². The summed E-state index contributed by atoms with van der Waals surface area (Å²) in [5.74, 6) is 0.470. The van der Waals surface area contributed by atoms with Gasteiger partial charge in [-0.3, -0.25) is 4.79 Å². The second-order valence-corrected chi connectivity index (χ2v) is 5.25. The van der Waals surface area contributed by atoms with Crippen molar-refractivity contribution in [1.29, 1.82) is 5.26 Å². The van der Waals surface area contributed by atoms with E-state index in [2.05, 4.69) is 5.32 Å². The number of amides is 1. The van der Waals surface area contributed by atoms with E-state index >= 15 is 0 Å². The predicted molar refractivity (Wildman–Crippen MR) is 81.6 cm³/mol. The smallest absolute Gasteiger partial charge is 0.262 e. The van der Waals surface area contributed by atoms with Crippen LogP contribution in [-0.4, -0.2) is 19.1 Å². The molecule has 1 aliphatic rings. The minimum Gasteiger partial charge on any atom is -0.497 e. The molecule has 0 radical (unpaired) electrons. The van der Waals surface area contributed by atoms with Crippen LogP contribution in [0.15, 0.2) is 29.8 Å². The van der Waals surface area contributed by atoms with Crippen LogP contribution in [-0.2, 0) is 4.79 Å². The van der Waals surface area contributed by atoms with Crippen LogP contribution in [0.4, 0.5) is 0 Å². The normalized spacial score (nSPS) is 16.1. The molecule has 0 spiro atoms. The summed E-state index contributed by atoms with van der Waals surface area (Å²) in [7, 11) is 1.60. The van der Waals surface area contributed by atoms with Gasteiger partial charge in [-0.2, -0.15) is 5.26 Å². The number of nitriles is 1. The van der Waals surface area contributed by atoms with Crippen LogP contribution < -0.4 is 10.1 Å². The number of nitrogens with one attached hydrogen (secondary N) is 1. The molecule has 0 heterocycles. The van der Waals surface area contributed by atoms with E-state index in [9.17, 15) is 10.1 Å². The van der Waals surface area contributed by atoms with Crippen LogP contribution in [0, 0.1) is 11.3 Å². The van der Waals surface area contributed by atoms with E-state index in [1.807, 2.05) is 18.2 Å². The summed E-state index contributed by atoms with van der Waals surface area (Å²) in [5, 5.41) is 12.1. The van der Waals surface area contributed by atoms with Crippen molar-refractivity contribution in [2.24, 2.45) is 0 Å². The average Bonchev–Trinajstić information content (AvgIpc) is 2.54. The van der Waals surface area contributed by atoms with Crippen LogP contribution in [0.3, 0.4) is 0 Å². The van der Waals surface area contributed by atoms with Crippen molar-refractivity contribution in [3.8, 4) is 11.8 Å². The van der Waals surface area contributed by atoms with E-state index in [1.165, 1.54) is 6.42 Å². The van der Waals surface area contributed by atoms with Crippen molar-refractivity contribution in [2.75, 3.05) is 7.11 Å². The molecule has 1 N–H and O–H groups in total. The molecule has 1 saturated carbocycles. The van der Waals surface area contributed by atoms with Gasteiger partial charge in [-0.05, 0) is 36.6 Å². The van der Waals surface area contributed by atoms with Gasteiger partial charge < -0.3 is 10.1 Å². The molecule has 4 nitrogen and oxygen atoms in total. The first kappa shape index (κ1) is 15.1. The molecule has 1 amide bonds. The summed E-state index contributed by atoms with van der Waals surface area (Å²) in [6.07, 6.45) is 7.15. The standard InChI is InChI=1S/C17H20N2O2/c1-21-16-9-7-13(8-10-16)11-14(12-18)17(20)19-15-5-3-2-4-6-15/h7-11,15H,2-6H2,1H3,(H,19,20)/b14-11+. The number of hydrogen-bond acceptors (Lipinski definition) is 3. The van der Waals surface area contributed by atoms with Gasteiger partial charge in [-0.15, -0.1) is 0 Å². The van der Waals surface area contributed by atoms with Crippen LogP contribution in [0.2, 0.25) is 0 Å². The Labute approximate surface area is 125 Å². The number of methoxy groups -OCH3 is 1. The topological polar surface area (TPSA) is 62.1 Å². The molecule has 0 aromatic heterocycles. The number of benzene rings is 1. The highest BCUT2D eigenvalue weighted by Gasteiger charge is 2.17. The summed E-state index contributed by atoms with van der Waals surface area (Å²) < 4.78 is 5.08. The highest BCUT2D eigenvalue weighted by atomic mass is 16.5. The molecule has 0 aliphatic heterocycles. The Morgan fingerprint density at radius 2 is 1.95 bits per heavy atom. The Bertz CT molecular complexity index is 549. The third kappa shape index (κ3) is 4.35. The molecule has 4 heteroatoms. The van der Waals surface area contributed by atoms with E-state index in [4.69, 9.17) is 4.74 Å². The highest BCUT2D eigenvalue weighted by molar-refractivity contribution is 6.01. The Morgan fingerprint density at radius 3 is 2.52 bits per heavy atom. The zero-order chi connectivity index (χ0) is 15.1. The minimum atomic E-state index is -0.278. The summed E-state index contributed by atoms with van der Waals surface area (Å²) >= 11 is 0. The number of rotatable bonds is 4. The Balaban J connectivity index is 2.04. The zero-order valence-corrected chi connectivity index (χ0v) is 12.3. The first-order valence-corrected chi connectivity index (χ1v) is 7.29. The number of carbonyl (C=O) groups is 1. The van der Waals surface area contributed by atoms with Crippen LogP contribution >= 0.6 is 0 Å². The maximum atomic E-state index is 12.1. The first-order valence-electron chi connectivity index (χ1n) is 7.29. The Morgan fingerprint density at radius 1 is 1.29 bits per heavy atom. The van der Waals surface area contributed by atoms with Crippen molar-refractivity contribution < 1.29 is 9.53 Å². The van der Waals surface area contributed by atoms with E-state index in [1.54, 1.807) is 25.3 Å². The van der Waals surface area contributed by atoms with E-state index in [0.29, 0.717) is 0 Å². The SMILES string of the molecule is COc1ccc(/C=C(\C#N)C(=O)NC2CCCCC2)cc1. The molecule has 1 aromatic carbocycles.